The minimum atomic E-state index is 0.971. The molecule has 0 aliphatic heterocycles. The van der Waals surface area contributed by atoms with Crippen LogP contribution in [0.1, 0.15) is 25.3 Å². The van der Waals surface area contributed by atoms with E-state index >= 15 is 0 Å². The van der Waals surface area contributed by atoms with E-state index in [0.29, 0.717) is 0 Å². The third kappa shape index (κ3) is 4.06. The van der Waals surface area contributed by atoms with Crippen molar-refractivity contribution < 1.29 is 0 Å². The highest BCUT2D eigenvalue weighted by atomic mass is 79.9. The molecule has 0 aliphatic carbocycles. The number of hydrogen-bond acceptors (Lipinski definition) is 2. The van der Waals surface area contributed by atoms with Gasteiger partial charge in [-0.05, 0) is 40.9 Å². The summed E-state index contributed by atoms with van der Waals surface area (Å²) in [6, 6.07) is 2.12. The molecule has 90 valence electrons. The van der Waals surface area contributed by atoms with E-state index in [4.69, 9.17) is 0 Å². The Bertz CT molecular complexity index is 329. The van der Waals surface area contributed by atoms with Gasteiger partial charge >= 0.3 is 0 Å². The fraction of sp³-hybridized carbons (Fsp3) is 0.583. The van der Waals surface area contributed by atoms with Gasteiger partial charge in [-0.15, -0.1) is 0 Å². The molecule has 2 nitrogen and oxygen atoms in total. The molecule has 1 aromatic heterocycles. The van der Waals surface area contributed by atoms with Gasteiger partial charge in [-0.25, -0.2) is 4.98 Å². The lowest BCUT2D eigenvalue weighted by Gasteiger charge is -2.23. The number of unbranched alkanes of at least 4 members (excludes halogenated alkanes) is 1. The van der Waals surface area contributed by atoms with Crippen LogP contribution in [0.3, 0.4) is 0 Å². The first-order chi connectivity index (χ1) is 7.69. The molecule has 0 radical (unpaired) electrons. The van der Waals surface area contributed by atoms with Crippen molar-refractivity contribution in [1.82, 2.24) is 4.98 Å². The minimum Gasteiger partial charge on any atom is -0.355 e. The predicted octanol–water partition coefficient (Wildman–Crippen LogP) is 4.15. The van der Waals surface area contributed by atoms with Crippen LogP contribution in [0.2, 0.25) is 0 Å². The first kappa shape index (κ1) is 14.0. The van der Waals surface area contributed by atoms with Gasteiger partial charge < -0.3 is 4.90 Å². The summed E-state index contributed by atoms with van der Waals surface area (Å²) in [5.74, 6) is 1.05. The number of pyridine rings is 1. The maximum Gasteiger partial charge on any atom is 0.142 e. The molecule has 0 N–H and O–H groups in total. The second-order valence-corrected chi connectivity index (χ2v) is 5.50. The minimum absolute atomic E-state index is 0.971. The first-order valence-corrected chi connectivity index (χ1v) is 7.53. The van der Waals surface area contributed by atoms with Crippen LogP contribution < -0.4 is 4.90 Å². The van der Waals surface area contributed by atoms with Crippen molar-refractivity contribution in [2.75, 3.05) is 23.3 Å². The van der Waals surface area contributed by atoms with Crippen LogP contribution in [-0.2, 0) is 0 Å². The second-order valence-electron chi connectivity index (χ2n) is 3.85. The van der Waals surface area contributed by atoms with E-state index in [1.165, 1.54) is 18.4 Å². The fourth-order valence-electron chi connectivity index (χ4n) is 1.53. The van der Waals surface area contributed by atoms with E-state index in [2.05, 4.69) is 61.7 Å². The SMILES string of the molecule is CCCCN(CCBr)c1ncc(C)cc1Br. The molecule has 0 saturated carbocycles. The smallest absolute Gasteiger partial charge is 0.142 e. The lowest BCUT2D eigenvalue weighted by molar-refractivity contribution is 0.726. The fourth-order valence-corrected chi connectivity index (χ4v) is 2.68. The number of hydrogen-bond donors (Lipinski definition) is 0. The number of halogens is 2. The number of anilines is 1. The van der Waals surface area contributed by atoms with Gasteiger partial charge in [0.05, 0.1) is 4.47 Å². The lowest BCUT2D eigenvalue weighted by Crippen LogP contribution is -2.27. The van der Waals surface area contributed by atoms with Gasteiger partial charge in [0.15, 0.2) is 0 Å². The average Bonchev–Trinajstić information content (AvgIpc) is 2.25. The molecule has 1 rings (SSSR count). The van der Waals surface area contributed by atoms with Crippen LogP contribution in [0.4, 0.5) is 5.82 Å². The largest absolute Gasteiger partial charge is 0.355 e. The third-order valence-electron chi connectivity index (χ3n) is 2.39. The van der Waals surface area contributed by atoms with Crippen molar-refractivity contribution >= 4 is 37.7 Å². The molecular formula is C12H18Br2N2. The van der Waals surface area contributed by atoms with E-state index in [1.54, 1.807) is 0 Å². The molecule has 0 amide bonds. The van der Waals surface area contributed by atoms with Crippen molar-refractivity contribution in [2.24, 2.45) is 0 Å². The molecule has 16 heavy (non-hydrogen) atoms. The number of aromatic nitrogens is 1. The molecule has 0 aliphatic rings. The Hall–Kier alpha value is -0.0900. The predicted molar refractivity (Wildman–Crippen MR) is 77.6 cm³/mol. The standard InChI is InChI=1S/C12H18Br2N2/c1-3-4-6-16(7-5-13)12-11(14)8-10(2)9-15-12/h8-9H,3-7H2,1-2H3. The van der Waals surface area contributed by atoms with Crippen LogP contribution in [0.15, 0.2) is 16.7 Å². The zero-order valence-electron chi connectivity index (χ0n) is 9.84. The quantitative estimate of drug-likeness (QED) is 0.717. The Morgan fingerprint density at radius 1 is 1.38 bits per heavy atom. The summed E-state index contributed by atoms with van der Waals surface area (Å²) in [6.07, 6.45) is 4.34. The van der Waals surface area contributed by atoms with E-state index in [1.807, 2.05) is 6.20 Å². The van der Waals surface area contributed by atoms with Gasteiger partial charge in [0, 0.05) is 24.6 Å². The van der Waals surface area contributed by atoms with Crippen molar-refractivity contribution in [1.29, 1.82) is 0 Å². The Morgan fingerprint density at radius 2 is 2.12 bits per heavy atom. The zero-order chi connectivity index (χ0) is 12.0. The maximum atomic E-state index is 4.51. The van der Waals surface area contributed by atoms with Crippen LogP contribution in [0.5, 0.6) is 0 Å². The van der Waals surface area contributed by atoms with Crippen LogP contribution >= 0.6 is 31.9 Å². The zero-order valence-corrected chi connectivity index (χ0v) is 13.0. The van der Waals surface area contributed by atoms with Gasteiger partial charge in [0.25, 0.3) is 0 Å². The lowest BCUT2D eigenvalue weighted by atomic mass is 10.3. The summed E-state index contributed by atoms with van der Waals surface area (Å²) < 4.78 is 1.09. The normalized spacial score (nSPS) is 10.5. The summed E-state index contributed by atoms with van der Waals surface area (Å²) in [7, 11) is 0. The second kappa shape index (κ2) is 7.28. The van der Waals surface area contributed by atoms with Crippen LogP contribution in [0.25, 0.3) is 0 Å². The average molecular weight is 350 g/mol. The highest BCUT2D eigenvalue weighted by molar-refractivity contribution is 9.10. The summed E-state index contributed by atoms with van der Waals surface area (Å²) in [5.41, 5.74) is 1.19. The molecule has 0 bridgehead atoms. The van der Waals surface area contributed by atoms with E-state index in [9.17, 15) is 0 Å². The molecule has 1 heterocycles. The van der Waals surface area contributed by atoms with Crippen molar-refractivity contribution in [3.63, 3.8) is 0 Å². The maximum absolute atomic E-state index is 4.51. The summed E-state index contributed by atoms with van der Waals surface area (Å²) in [6.45, 7) is 6.33. The van der Waals surface area contributed by atoms with Gasteiger partial charge in [0.2, 0.25) is 0 Å². The topological polar surface area (TPSA) is 16.1 Å². The Kier molecular flexibility index (Phi) is 6.36. The molecular weight excluding hydrogens is 332 g/mol. The van der Waals surface area contributed by atoms with Crippen molar-refractivity contribution in [2.45, 2.75) is 26.7 Å². The monoisotopic (exact) mass is 348 g/mol. The van der Waals surface area contributed by atoms with Crippen LogP contribution in [0, 0.1) is 6.92 Å². The third-order valence-corrected chi connectivity index (χ3v) is 3.33. The molecule has 0 aromatic carbocycles. The van der Waals surface area contributed by atoms with Gasteiger partial charge in [0.1, 0.15) is 5.82 Å². The van der Waals surface area contributed by atoms with Crippen molar-refractivity contribution in [3.05, 3.63) is 22.3 Å². The molecule has 1 aromatic rings. The Labute approximate surface area is 115 Å². The number of aryl methyl sites for hydroxylation is 1. The molecule has 0 saturated heterocycles. The Morgan fingerprint density at radius 3 is 2.69 bits per heavy atom. The Balaban J connectivity index is 2.82. The van der Waals surface area contributed by atoms with E-state index in [0.717, 1.165) is 28.7 Å². The van der Waals surface area contributed by atoms with Crippen LogP contribution in [-0.4, -0.2) is 23.4 Å². The van der Waals surface area contributed by atoms with Gasteiger partial charge in [-0.1, -0.05) is 29.3 Å². The highest BCUT2D eigenvalue weighted by Gasteiger charge is 2.10. The number of nitrogens with zero attached hydrogens (tertiary/aromatic N) is 2. The molecule has 4 heteroatoms. The molecule has 0 spiro atoms. The van der Waals surface area contributed by atoms with Gasteiger partial charge in [-0.3, -0.25) is 0 Å². The molecule has 0 unspecified atom stereocenters. The number of alkyl halides is 1. The van der Waals surface area contributed by atoms with E-state index in [-0.39, 0.29) is 0 Å². The molecule has 0 fully saturated rings. The summed E-state index contributed by atoms with van der Waals surface area (Å²) in [5, 5.41) is 0.971. The van der Waals surface area contributed by atoms with E-state index < -0.39 is 0 Å². The van der Waals surface area contributed by atoms with Crippen molar-refractivity contribution in [3.8, 4) is 0 Å². The first-order valence-electron chi connectivity index (χ1n) is 5.62. The highest BCUT2D eigenvalue weighted by Crippen LogP contribution is 2.24. The van der Waals surface area contributed by atoms with Gasteiger partial charge in [-0.2, -0.15) is 0 Å². The summed E-state index contributed by atoms with van der Waals surface area (Å²) in [4.78, 5) is 6.83. The molecule has 0 atom stereocenters. The summed E-state index contributed by atoms with van der Waals surface area (Å²) >= 11 is 7.08. The number of rotatable bonds is 6.